The molecule has 0 aromatic carbocycles. The summed E-state index contributed by atoms with van der Waals surface area (Å²) < 4.78 is 5.40. The molecule has 0 unspecified atom stereocenters. The van der Waals surface area contributed by atoms with Crippen molar-refractivity contribution in [1.82, 2.24) is 5.16 Å². The molecule has 0 saturated carbocycles. The van der Waals surface area contributed by atoms with Gasteiger partial charge in [0.2, 0.25) is 0 Å². The molecule has 2 N–H and O–H groups in total. The molecule has 1 heterocycles. The third kappa shape index (κ3) is 2.28. The molecule has 5 heteroatoms. The number of aromatic nitrogens is 1. The molecule has 58 valence electrons. The zero-order chi connectivity index (χ0) is 6.69. The summed E-state index contributed by atoms with van der Waals surface area (Å²) in [5.41, 5.74) is 6.32. The number of halogens is 2. The second-order valence-electron chi connectivity index (χ2n) is 1.67. The molecule has 0 spiro atoms. The van der Waals surface area contributed by atoms with Crippen LogP contribution in [0.15, 0.2) is 15.4 Å². The van der Waals surface area contributed by atoms with Crippen LogP contribution in [-0.4, -0.2) is 11.7 Å². The lowest BCUT2D eigenvalue weighted by Crippen LogP contribution is -2.01. The molecule has 0 radical (unpaired) electrons. The third-order valence-corrected chi connectivity index (χ3v) is 1.66. The van der Waals surface area contributed by atoms with E-state index in [1.165, 1.54) is 0 Å². The van der Waals surface area contributed by atoms with Crippen LogP contribution in [0.1, 0.15) is 5.56 Å². The lowest BCUT2D eigenvalue weighted by molar-refractivity contribution is 0.415. The number of hydrogen-bond acceptors (Lipinski definition) is 3. The van der Waals surface area contributed by atoms with Gasteiger partial charge in [0.25, 0.3) is 0 Å². The summed E-state index contributed by atoms with van der Waals surface area (Å²) in [6.07, 6.45) is 2.40. The molecule has 0 amide bonds. The second kappa shape index (κ2) is 4.71. The van der Waals surface area contributed by atoms with Crippen LogP contribution in [-0.2, 0) is 6.42 Å². The van der Waals surface area contributed by atoms with Crippen molar-refractivity contribution in [2.24, 2.45) is 5.73 Å². The number of nitrogens with zero attached hydrogens (tertiary/aromatic N) is 1. The lowest BCUT2D eigenvalue weighted by Gasteiger charge is -1.87. The third-order valence-electron chi connectivity index (χ3n) is 1.01. The summed E-state index contributed by atoms with van der Waals surface area (Å²) in [5, 5.41) is 3.62. The van der Waals surface area contributed by atoms with Gasteiger partial charge in [0.05, 0.1) is 0 Å². The van der Waals surface area contributed by atoms with Gasteiger partial charge in [0.15, 0.2) is 4.60 Å². The van der Waals surface area contributed by atoms with Gasteiger partial charge in [-0.1, -0.05) is 5.16 Å². The zero-order valence-corrected chi connectivity index (χ0v) is 7.61. The normalized spacial score (nSPS) is 9.00. The summed E-state index contributed by atoms with van der Waals surface area (Å²) in [7, 11) is 0. The first-order valence-corrected chi connectivity index (χ1v) is 3.42. The molecule has 0 atom stereocenters. The van der Waals surface area contributed by atoms with Crippen molar-refractivity contribution in [3.8, 4) is 0 Å². The van der Waals surface area contributed by atoms with Crippen LogP contribution in [0, 0.1) is 0 Å². The Balaban J connectivity index is 0.000000810. The van der Waals surface area contributed by atoms with Crippen molar-refractivity contribution in [3.05, 3.63) is 16.4 Å². The van der Waals surface area contributed by atoms with Gasteiger partial charge in [-0.25, -0.2) is 0 Å². The Morgan fingerprint density at radius 3 is 2.80 bits per heavy atom. The minimum atomic E-state index is 0. The minimum absolute atomic E-state index is 0. The van der Waals surface area contributed by atoms with Crippen molar-refractivity contribution >= 4 is 28.3 Å². The maximum atomic E-state index is 5.30. The van der Waals surface area contributed by atoms with E-state index >= 15 is 0 Å². The predicted molar refractivity (Wildman–Crippen MR) is 44.2 cm³/mol. The van der Waals surface area contributed by atoms with Crippen molar-refractivity contribution in [3.63, 3.8) is 0 Å². The fourth-order valence-electron chi connectivity index (χ4n) is 0.561. The molecule has 0 aliphatic carbocycles. The fraction of sp³-hybridized carbons (Fsp3) is 0.400. The Bertz CT molecular complexity index is 192. The van der Waals surface area contributed by atoms with Crippen LogP contribution >= 0.6 is 28.3 Å². The average molecular weight is 227 g/mol. The highest BCUT2D eigenvalue weighted by atomic mass is 79.9. The molecule has 0 aliphatic heterocycles. The van der Waals surface area contributed by atoms with E-state index in [0.29, 0.717) is 6.54 Å². The van der Waals surface area contributed by atoms with Crippen molar-refractivity contribution in [1.29, 1.82) is 0 Å². The summed E-state index contributed by atoms with van der Waals surface area (Å²) in [6.45, 7) is 0.625. The van der Waals surface area contributed by atoms with E-state index in [-0.39, 0.29) is 12.4 Å². The summed E-state index contributed by atoms with van der Waals surface area (Å²) in [6, 6.07) is 0. The van der Waals surface area contributed by atoms with Crippen LogP contribution in [0.3, 0.4) is 0 Å². The molecule has 1 aromatic heterocycles. The molecule has 0 saturated heterocycles. The molecule has 1 rings (SSSR count). The molecule has 3 nitrogen and oxygen atoms in total. The molecular formula is C5H8BrClN2O. The molecule has 0 bridgehead atoms. The Hall–Kier alpha value is -0.0600. The van der Waals surface area contributed by atoms with Crippen LogP contribution in [0.25, 0.3) is 0 Å². The van der Waals surface area contributed by atoms with Gasteiger partial charge in [-0.05, 0) is 28.9 Å². The van der Waals surface area contributed by atoms with Crippen molar-refractivity contribution < 1.29 is 4.52 Å². The van der Waals surface area contributed by atoms with Crippen LogP contribution < -0.4 is 5.73 Å². The Kier molecular flexibility index (Phi) is 4.68. The second-order valence-corrected chi connectivity index (χ2v) is 2.42. The Morgan fingerprint density at radius 2 is 2.40 bits per heavy atom. The van der Waals surface area contributed by atoms with Gasteiger partial charge in [-0.15, -0.1) is 12.4 Å². The summed E-state index contributed by atoms with van der Waals surface area (Å²) in [4.78, 5) is 0. The standard InChI is InChI=1S/C5H7BrN2O.ClH/c6-5-4(1-2-7)3-9-8-5;/h3H,1-2,7H2;1H. The Morgan fingerprint density at radius 1 is 1.70 bits per heavy atom. The van der Waals surface area contributed by atoms with E-state index in [0.717, 1.165) is 16.6 Å². The molecule has 1 aromatic rings. The van der Waals surface area contributed by atoms with Crippen LogP contribution in [0.4, 0.5) is 0 Å². The average Bonchev–Trinajstić information content (AvgIpc) is 2.18. The molecular weight excluding hydrogens is 219 g/mol. The quantitative estimate of drug-likeness (QED) is 0.830. The van der Waals surface area contributed by atoms with Gasteiger partial charge in [0.1, 0.15) is 6.26 Å². The van der Waals surface area contributed by atoms with E-state index < -0.39 is 0 Å². The van der Waals surface area contributed by atoms with Gasteiger partial charge in [-0.2, -0.15) is 0 Å². The van der Waals surface area contributed by atoms with Crippen LogP contribution in [0.2, 0.25) is 0 Å². The monoisotopic (exact) mass is 226 g/mol. The summed E-state index contributed by atoms with van der Waals surface area (Å²) in [5.74, 6) is 0. The lowest BCUT2D eigenvalue weighted by atomic mass is 10.3. The van der Waals surface area contributed by atoms with E-state index in [2.05, 4.69) is 25.6 Å². The highest BCUT2D eigenvalue weighted by Gasteiger charge is 2.00. The molecule has 0 fully saturated rings. The first-order chi connectivity index (χ1) is 4.34. The largest absolute Gasteiger partial charge is 0.363 e. The molecule has 10 heavy (non-hydrogen) atoms. The van der Waals surface area contributed by atoms with Gasteiger partial charge >= 0.3 is 0 Å². The first kappa shape index (κ1) is 9.94. The van der Waals surface area contributed by atoms with E-state index in [1.54, 1.807) is 6.26 Å². The SMILES string of the molecule is Cl.NCCc1conc1Br. The van der Waals surface area contributed by atoms with E-state index in [9.17, 15) is 0 Å². The van der Waals surface area contributed by atoms with Gasteiger partial charge in [0, 0.05) is 5.56 Å². The van der Waals surface area contributed by atoms with E-state index in [4.69, 9.17) is 5.73 Å². The van der Waals surface area contributed by atoms with Crippen molar-refractivity contribution in [2.45, 2.75) is 6.42 Å². The predicted octanol–water partition coefficient (Wildman–Crippen LogP) is 1.36. The zero-order valence-electron chi connectivity index (χ0n) is 5.21. The van der Waals surface area contributed by atoms with Crippen molar-refractivity contribution in [2.75, 3.05) is 6.54 Å². The fourth-order valence-corrected chi connectivity index (χ4v) is 0.936. The smallest absolute Gasteiger partial charge is 0.152 e. The summed E-state index contributed by atoms with van der Waals surface area (Å²) >= 11 is 3.21. The number of hydrogen-bond donors (Lipinski definition) is 1. The number of nitrogens with two attached hydrogens (primary N) is 1. The minimum Gasteiger partial charge on any atom is -0.363 e. The maximum absolute atomic E-state index is 5.30. The highest BCUT2D eigenvalue weighted by Crippen LogP contribution is 2.13. The highest BCUT2D eigenvalue weighted by molar-refractivity contribution is 9.10. The number of rotatable bonds is 2. The first-order valence-electron chi connectivity index (χ1n) is 2.63. The van der Waals surface area contributed by atoms with E-state index in [1.807, 2.05) is 0 Å². The topological polar surface area (TPSA) is 52.0 Å². The van der Waals surface area contributed by atoms with Gasteiger partial charge in [-0.3, -0.25) is 0 Å². The molecule has 0 aliphatic rings. The van der Waals surface area contributed by atoms with Gasteiger partial charge < -0.3 is 10.3 Å². The maximum Gasteiger partial charge on any atom is 0.152 e. The Labute approximate surface area is 73.5 Å². The van der Waals surface area contributed by atoms with Crippen LogP contribution in [0.5, 0.6) is 0 Å².